The van der Waals surface area contributed by atoms with Gasteiger partial charge in [-0.3, -0.25) is 4.79 Å². The van der Waals surface area contributed by atoms with E-state index in [4.69, 9.17) is 23.7 Å². The maximum atomic E-state index is 11.4. The number of piperidine rings is 1. The second kappa shape index (κ2) is 5.75. The van der Waals surface area contributed by atoms with E-state index in [1.54, 1.807) is 6.20 Å². The fourth-order valence-electron chi connectivity index (χ4n) is 2.70. The first-order chi connectivity index (χ1) is 9.41. The van der Waals surface area contributed by atoms with Gasteiger partial charge in [-0.25, -0.2) is 4.98 Å². The number of hydrogen-bond donors (Lipinski definition) is 2. The van der Waals surface area contributed by atoms with Crippen molar-refractivity contribution in [2.75, 3.05) is 11.4 Å². The largest absolute Gasteiger partial charge is 0.389 e. The molecular weight excluding hydrogens is 272 g/mol. The number of amides is 1. The molecule has 2 rings (SSSR count). The molecule has 2 heterocycles. The molecule has 1 aliphatic heterocycles. The Balaban J connectivity index is 2.41. The van der Waals surface area contributed by atoms with Crippen LogP contribution in [0.5, 0.6) is 0 Å². The van der Waals surface area contributed by atoms with Crippen LogP contribution in [-0.4, -0.2) is 28.5 Å². The molecule has 0 aromatic carbocycles. The van der Waals surface area contributed by atoms with E-state index in [1.165, 1.54) is 0 Å². The van der Waals surface area contributed by atoms with Gasteiger partial charge in [0.2, 0.25) is 5.91 Å². The molecule has 108 valence electrons. The van der Waals surface area contributed by atoms with Crippen molar-refractivity contribution in [2.45, 2.75) is 32.7 Å². The van der Waals surface area contributed by atoms with Gasteiger partial charge in [0.15, 0.2) is 0 Å². The normalized spacial score (nSPS) is 22.6. The molecule has 5 nitrogen and oxygen atoms in total. The summed E-state index contributed by atoms with van der Waals surface area (Å²) in [6.07, 6.45) is 3.47. The van der Waals surface area contributed by atoms with Crippen LogP contribution in [0.1, 0.15) is 30.9 Å². The lowest BCUT2D eigenvalue weighted by Gasteiger charge is -2.38. The van der Waals surface area contributed by atoms with Crippen LogP contribution in [0, 0.1) is 12.8 Å². The Bertz CT molecular complexity index is 546. The minimum absolute atomic E-state index is 0.146. The molecular formula is C14H20N4OS. The molecule has 1 aromatic heterocycles. The van der Waals surface area contributed by atoms with Crippen molar-refractivity contribution in [3.05, 3.63) is 23.4 Å². The maximum Gasteiger partial charge on any atom is 0.222 e. The molecule has 1 saturated heterocycles. The summed E-state index contributed by atoms with van der Waals surface area (Å²) in [5.74, 6) is 0.357. The molecule has 20 heavy (non-hydrogen) atoms. The van der Waals surface area contributed by atoms with Crippen molar-refractivity contribution in [3.63, 3.8) is 0 Å². The minimum Gasteiger partial charge on any atom is -0.389 e. The van der Waals surface area contributed by atoms with Crippen molar-refractivity contribution in [3.8, 4) is 0 Å². The summed E-state index contributed by atoms with van der Waals surface area (Å²) in [6.45, 7) is 4.65. The Morgan fingerprint density at radius 2 is 2.15 bits per heavy atom. The highest BCUT2D eigenvalue weighted by molar-refractivity contribution is 7.80. The van der Waals surface area contributed by atoms with Gasteiger partial charge in [0, 0.05) is 18.8 Å². The van der Waals surface area contributed by atoms with Crippen LogP contribution < -0.4 is 16.4 Å². The van der Waals surface area contributed by atoms with Crippen molar-refractivity contribution in [1.82, 2.24) is 4.98 Å². The van der Waals surface area contributed by atoms with E-state index < -0.39 is 0 Å². The summed E-state index contributed by atoms with van der Waals surface area (Å²) in [4.78, 5) is 18.3. The number of aromatic nitrogens is 1. The first kappa shape index (κ1) is 14.7. The summed E-state index contributed by atoms with van der Waals surface area (Å²) in [5.41, 5.74) is 13.1. The molecule has 6 heteroatoms. The topological polar surface area (TPSA) is 85.2 Å². The Hall–Kier alpha value is -1.69. The van der Waals surface area contributed by atoms with Gasteiger partial charge >= 0.3 is 0 Å². The third-order valence-corrected chi connectivity index (χ3v) is 4.15. The predicted octanol–water partition coefficient (Wildman–Crippen LogP) is 1.11. The Labute approximate surface area is 124 Å². The molecule has 1 fully saturated rings. The molecule has 2 atom stereocenters. The second-order valence-electron chi connectivity index (χ2n) is 5.37. The molecule has 0 aliphatic carbocycles. The average molecular weight is 292 g/mol. The van der Waals surface area contributed by atoms with E-state index in [0.29, 0.717) is 11.5 Å². The summed E-state index contributed by atoms with van der Waals surface area (Å²) in [6, 6.07) is 2.17. The highest BCUT2D eigenvalue weighted by atomic mass is 32.1. The number of rotatable bonds is 3. The van der Waals surface area contributed by atoms with Gasteiger partial charge in [-0.15, -0.1) is 0 Å². The van der Waals surface area contributed by atoms with Crippen molar-refractivity contribution < 1.29 is 4.79 Å². The van der Waals surface area contributed by atoms with Gasteiger partial charge in [0.25, 0.3) is 0 Å². The van der Waals surface area contributed by atoms with Crippen LogP contribution in [0.15, 0.2) is 12.3 Å². The fraction of sp³-hybridized carbons (Fsp3) is 0.500. The fourth-order valence-corrected chi connectivity index (χ4v) is 2.95. The third kappa shape index (κ3) is 2.75. The standard InChI is InChI=1S/C14H20N4OS/c1-8-5-6-17-14(11(8)13(16)20)18-7-10(12(15)19)4-3-9(18)2/h5-6,9-10H,3-4,7H2,1-2H3,(H2,15,19)(H2,16,20). The van der Waals surface area contributed by atoms with Crippen LogP contribution in [0.25, 0.3) is 0 Å². The van der Waals surface area contributed by atoms with Gasteiger partial charge in [0.1, 0.15) is 10.8 Å². The number of primary amides is 1. The van der Waals surface area contributed by atoms with Crippen LogP contribution in [0.4, 0.5) is 5.82 Å². The highest BCUT2D eigenvalue weighted by Crippen LogP contribution is 2.29. The summed E-state index contributed by atoms with van der Waals surface area (Å²) < 4.78 is 0. The molecule has 2 unspecified atom stereocenters. The number of carbonyl (C=O) groups is 1. The summed E-state index contributed by atoms with van der Waals surface area (Å²) in [5, 5.41) is 0. The number of nitrogens with two attached hydrogens (primary N) is 2. The SMILES string of the molecule is Cc1ccnc(N2CC(C(N)=O)CCC2C)c1C(N)=S. The van der Waals surface area contributed by atoms with E-state index in [9.17, 15) is 4.79 Å². The number of nitrogens with zero attached hydrogens (tertiary/aromatic N) is 2. The Morgan fingerprint density at radius 1 is 1.45 bits per heavy atom. The highest BCUT2D eigenvalue weighted by Gasteiger charge is 2.31. The van der Waals surface area contributed by atoms with E-state index in [0.717, 1.165) is 29.8 Å². The van der Waals surface area contributed by atoms with E-state index in [1.807, 2.05) is 13.0 Å². The lowest BCUT2D eigenvalue weighted by molar-refractivity contribution is -0.122. The van der Waals surface area contributed by atoms with Crippen molar-refractivity contribution in [1.29, 1.82) is 0 Å². The minimum atomic E-state index is -0.258. The van der Waals surface area contributed by atoms with Gasteiger partial charge in [-0.05, 0) is 38.3 Å². The van der Waals surface area contributed by atoms with E-state index in [2.05, 4.69) is 16.8 Å². The zero-order valence-electron chi connectivity index (χ0n) is 11.8. The lowest BCUT2D eigenvalue weighted by atomic mass is 9.92. The van der Waals surface area contributed by atoms with E-state index in [-0.39, 0.29) is 17.9 Å². The Morgan fingerprint density at radius 3 is 2.75 bits per heavy atom. The second-order valence-corrected chi connectivity index (χ2v) is 5.81. The number of anilines is 1. The van der Waals surface area contributed by atoms with Crippen LogP contribution in [-0.2, 0) is 4.79 Å². The summed E-state index contributed by atoms with van der Waals surface area (Å²) >= 11 is 5.15. The average Bonchev–Trinajstić information content (AvgIpc) is 2.38. The quantitative estimate of drug-likeness (QED) is 0.815. The molecule has 4 N–H and O–H groups in total. The number of carbonyl (C=O) groups excluding carboxylic acids is 1. The van der Waals surface area contributed by atoms with Gasteiger partial charge in [-0.2, -0.15) is 0 Å². The number of pyridine rings is 1. The van der Waals surface area contributed by atoms with Crippen molar-refractivity contribution >= 4 is 28.9 Å². The molecule has 0 radical (unpaired) electrons. The smallest absolute Gasteiger partial charge is 0.222 e. The van der Waals surface area contributed by atoms with E-state index >= 15 is 0 Å². The monoisotopic (exact) mass is 292 g/mol. The molecule has 0 spiro atoms. The Kier molecular flexibility index (Phi) is 4.23. The zero-order chi connectivity index (χ0) is 14.9. The molecule has 1 aromatic rings. The number of hydrogen-bond acceptors (Lipinski definition) is 4. The molecule has 1 aliphatic rings. The maximum absolute atomic E-state index is 11.4. The lowest BCUT2D eigenvalue weighted by Crippen LogP contribution is -2.47. The van der Waals surface area contributed by atoms with Crippen LogP contribution in [0.3, 0.4) is 0 Å². The molecule has 0 bridgehead atoms. The summed E-state index contributed by atoms with van der Waals surface area (Å²) in [7, 11) is 0. The first-order valence-corrected chi connectivity index (χ1v) is 7.14. The third-order valence-electron chi connectivity index (χ3n) is 3.94. The van der Waals surface area contributed by atoms with Gasteiger partial charge in [0.05, 0.1) is 11.5 Å². The van der Waals surface area contributed by atoms with Gasteiger partial charge < -0.3 is 16.4 Å². The molecule has 1 amide bonds. The van der Waals surface area contributed by atoms with Crippen LogP contribution >= 0.6 is 12.2 Å². The zero-order valence-corrected chi connectivity index (χ0v) is 12.6. The predicted molar refractivity (Wildman–Crippen MR) is 83.6 cm³/mol. The number of thiocarbonyl (C=S) groups is 1. The molecule has 0 saturated carbocycles. The number of aryl methyl sites for hydroxylation is 1. The van der Waals surface area contributed by atoms with Crippen LogP contribution in [0.2, 0.25) is 0 Å². The first-order valence-electron chi connectivity index (χ1n) is 6.73. The van der Waals surface area contributed by atoms with Gasteiger partial charge in [-0.1, -0.05) is 12.2 Å². The van der Waals surface area contributed by atoms with Crippen molar-refractivity contribution in [2.24, 2.45) is 17.4 Å².